The first kappa shape index (κ1) is 24.1. The van der Waals surface area contributed by atoms with Gasteiger partial charge >= 0.3 is 0 Å². The first-order chi connectivity index (χ1) is 15.0. The Balaban J connectivity index is 1.93. The number of alkyl halides is 2. The van der Waals surface area contributed by atoms with Gasteiger partial charge in [-0.2, -0.15) is 4.31 Å². The molecule has 2 aromatic rings. The van der Waals surface area contributed by atoms with Crippen LogP contribution in [0.25, 0.3) is 0 Å². The van der Waals surface area contributed by atoms with Crippen LogP contribution >= 0.6 is 0 Å². The number of halogens is 5. The lowest BCUT2D eigenvalue weighted by molar-refractivity contribution is 0.0732. The second-order valence-electron chi connectivity index (χ2n) is 7.25. The molecule has 0 aliphatic carbocycles. The van der Waals surface area contributed by atoms with Gasteiger partial charge < -0.3 is 10.4 Å². The van der Waals surface area contributed by atoms with Crippen molar-refractivity contribution in [2.24, 2.45) is 0 Å². The predicted molar refractivity (Wildman–Crippen MR) is 104 cm³/mol. The maximum atomic E-state index is 14.1. The lowest BCUT2D eigenvalue weighted by atomic mass is 10.1. The lowest BCUT2D eigenvalue weighted by Crippen LogP contribution is -2.38. The molecule has 1 aliphatic heterocycles. The van der Waals surface area contributed by atoms with Crippen molar-refractivity contribution in [3.63, 3.8) is 0 Å². The third-order valence-corrected chi connectivity index (χ3v) is 6.98. The fourth-order valence-corrected chi connectivity index (χ4v) is 5.02. The number of benzene rings is 2. The fraction of sp³-hybridized carbons (Fsp3) is 0.350. The number of hydrogen-bond acceptors (Lipinski definition) is 4. The molecule has 0 radical (unpaired) electrons. The minimum absolute atomic E-state index is 0.0520. The van der Waals surface area contributed by atoms with E-state index in [4.69, 9.17) is 0 Å². The highest BCUT2D eigenvalue weighted by Crippen LogP contribution is 2.27. The molecule has 1 fully saturated rings. The number of sulfonamides is 1. The van der Waals surface area contributed by atoms with E-state index in [2.05, 4.69) is 5.32 Å². The molecule has 0 aromatic heterocycles. The average molecular weight is 478 g/mol. The predicted octanol–water partition coefficient (Wildman–Crippen LogP) is 3.31. The van der Waals surface area contributed by atoms with Crippen LogP contribution in [0.15, 0.2) is 35.2 Å². The van der Waals surface area contributed by atoms with E-state index in [1.165, 1.54) is 0 Å². The van der Waals surface area contributed by atoms with Crippen molar-refractivity contribution < 1.29 is 40.3 Å². The Labute approximate surface area is 180 Å². The van der Waals surface area contributed by atoms with Gasteiger partial charge in [-0.3, -0.25) is 4.79 Å². The molecule has 2 atom stereocenters. The summed E-state index contributed by atoms with van der Waals surface area (Å²) in [6.07, 6.45) is -2.94. The van der Waals surface area contributed by atoms with Crippen LogP contribution < -0.4 is 5.32 Å². The van der Waals surface area contributed by atoms with Crippen molar-refractivity contribution in [2.45, 2.75) is 36.7 Å². The number of aliphatic hydroxyl groups excluding tert-OH is 1. The quantitative estimate of drug-likeness (QED) is 0.510. The zero-order valence-electron chi connectivity index (χ0n) is 16.5. The van der Waals surface area contributed by atoms with E-state index in [1.807, 2.05) is 0 Å². The van der Waals surface area contributed by atoms with Gasteiger partial charge in [-0.1, -0.05) is 6.07 Å². The average Bonchev–Trinajstić information content (AvgIpc) is 2.92. The monoisotopic (exact) mass is 478 g/mol. The highest BCUT2D eigenvalue weighted by molar-refractivity contribution is 7.89. The van der Waals surface area contributed by atoms with Crippen molar-refractivity contribution in [1.29, 1.82) is 0 Å². The second-order valence-corrected chi connectivity index (χ2v) is 9.16. The van der Waals surface area contributed by atoms with E-state index in [-0.39, 0.29) is 30.5 Å². The molecule has 12 heteroatoms. The van der Waals surface area contributed by atoms with E-state index in [0.29, 0.717) is 12.1 Å². The van der Waals surface area contributed by atoms with E-state index >= 15 is 0 Å². The van der Waals surface area contributed by atoms with Crippen molar-refractivity contribution in [3.8, 4) is 0 Å². The standard InChI is InChI=1S/C20H19F5N2O4S/c21-9-12-4-3-11(20(29)26-13-7-14(22)19(25)15(23)8-13)6-18(12)32(30,31)27-5-1-2-17(28)16(24)10-27/h3-4,6-8,16-17,28H,1-2,5,9-10H2,(H,26,29)/t16-,17+/m1/s1. The molecule has 32 heavy (non-hydrogen) atoms. The van der Waals surface area contributed by atoms with Crippen LogP contribution in [0.5, 0.6) is 0 Å². The van der Waals surface area contributed by atoms with E-state index in [1.54, 1.807) is 0 Å². The summed E-state index contributed by atoms with van der Waals surface area (Å²) in [7, 11) is -4.44. The van der Waals surface area contributed by atoms with Gasteiger partial charge in [-0.05, 0) is 25.0 Å². The van der Waals surface area contributed by atoms with Crippen LogP contribution in [-0.2, 0) is 16.7 Å². The molecule has 174 valence electrons. The number of nitrogens with one attached hydrogen (secondary N) is 1. The van der Waals surface area contributed by atoms with E-state index in [9.17, 15) is 40.3 Å². The van der Waals surface area contributed by atoms with E-state index < -0.39 is 69.5 Å². The van der Waals surface area contributed by atoms with Gasteiger partial charge in [0.1, 0.15) is 12.8 Å². The van der Waals surface area contributed by atoms with Crippen molar-refractivity contribution in [2.75, 3.05) is 18.4 Å². The third kappa shape index (κ3) is 4.92. The SMILES string of the molecule is O=C(Nc1cc(F)c(F)c(F)c1)c1ccc(CF)c(S(=O)(=O)N2CCC[C@H](O)[C@H](F)C2)c1. The molecule has 3 rings (SSSR count). The molecule has 1 aliphatic rings. The molecule has 2 N–H and O–H groups in total. The molecule has 0 unspecified atom stereocenters. The highest BCUT2D eigenvalue weighted by atomic mass is 32.2. The van der Waals surface area contributed by atoms with Gasteiger partial charge in [0.05, 0.1) is 11.0 Å². The van der Waals surface area contributed by atoms with E-state index in [0.717, 1.165) is 22.5 Å². The molecule has 0 spiro atoms. The molecule has 1 heterocycles. The maximum absolute atomic E-state index is 14.1. The fourth-order valence-electron chi connectivity index (χ4n) is 3.30. The number of hydrogen-bond donors (Lipinski definition) is 2. The Morgan fingerprint density at radius 3 is 2.44 bits per heavy atom. The summed E-state index contributed by atoms with van der Waals surface area (Å²) >= 11 is 0. The topological polar surface area (TPSA) is 86.7 Å². The van der Waals surface area contributed by atoms with Crippen LogP contribution in [0.2, 0.25) is 0 Å². The van der Waals surface area contributed by atoms with Crippen LogP contribution in [0, 0.1) is 17.5 Å². The molecule has 0 saturated carbocycles. The second kappa shape index (κ2) is 9.51. The molecule has 2 aromatic carbocycles. The maximum Gasteiger partial charge on any atom is 0.255 e. The van der Waals surface area contributed by atoms with Crippen molar-refractivity contribution >= 4 is 21.6 Å². The van der Waals surface area contributed by atoms with Crippen molar-refractivity contribution in [1.82, 2.24) is 4.31 Å². The number of rotatable bonds is 5. The van der Waals surface area contributed by atoms with Gasteiger partial charge in [0, 0.05) is 42.0 Å². The molecule has 1 amide bonds. The molecule has 0 bridgehead atoms. The summed E-state index contributed by atoms with van der Waals surface area (Å²) in [4.78, 5) is 11.9. The minimum Gasteiger partial charge on any atom is -0.390 e. The Morgan fingerprint density at radius 2 is 1.81 bits per heavy atom. The minimum atomic E-state index is -4.44. The summed E-state index contributed by atoms with van der Waals surface area (Å²) < 4.78 is 94.3. The van der Waals surface area contributed by atoms with Crippen LogP contribution in [-0.4, -0.2) is 49.1 Å². The lowest BCUT2D eigenvalue weighted by Gasteiger charge is -2.23. The normalized spacial score (nSPS) is 20.1. The van der Waals surface area contributed by atoms with Crippen LogP contribution in [0.1, 0.15) is 28.8 Å². The van der Waals surface area contributed by atoms with Gasteiger partial charge in [0.2, 0.25) is 10.0 Å². The highest BCUT2D eigenvalue weighted by Gasteiger charge is 2.34. The summed E-state index contributed by atoms with van der Waals surface area (Å²) in [6, 6.07) is 4.09. The first-order valence-electron chi connectivity index (χ1n) is 9.51. The molecule has 1 saturated heterocycles. The van der Waals surface area contributed by atoms with Gasteiger partial charge in [-0.25, -0.2) is 30.4 Å². The number of carbonyl (C=O) groups is 1. The van der Waals surface area contributed by atoms with Gasteiger partial charge in [0.25, 0.3) is 5.91 Å². The molecular weight excluding hydrogens is 459 g/mol. The summed E-state index contributed by atoms with van der Waals surface area (Å²) in [6.45, 7) is -1.95. The van der Waals surface area contributed by atoms with Crippen molar-refractivity contribution in [3.05, 3.63) is 58.9 Å². The summed E-state index contributed by atoms with van der Waals surface area (Å²) in [5, 5.41) is 11.7. The molecular formula is C20H19F5N2O4S. The Kier molecular flexibility index (Phi) is 7.16. The van der Waals surface area contributed by atoms with Gasteiger partial charge in [0.15, 0.2) is 17.5 Å². The smallest absolute Gasteiger partial charge is 0.255 e. The van der Waals surface area contributed by atoms with Gasteiger partial charge in [-0.15, -0.1) is 0 Å². The zero-order chi connectivity index (χ0) is 23.6. The number of amides is 1. The molecule has 6 nitrogen and oxygen atoms in total. The largest absolute Gasteiger partial charge is 0.390 e. The number of anilines is 1. The van der Waals surface area contributed by atoms with Crippen LogP contribution in [0.4, 0.5) is 27.6 Å². The number of nitrogens with zero attached hydrogens (tertiary/aromatic N) is 1. The number of aliphatic hydroxyl groups is 1. The summed E-state index contributed by atoms with van der Waals surface area (Å²) in [5.41, 5.74) is -0.995. The number of carbonyl (C=O) groups excluding carboxylic acids is 1. The Morgan fingerprint density at radius 1 is 1.16 bits per heavy atom. The Bertz CT molecular complexity index is 1110. The zero-order valence-corrected chi connectivity index (χ0v) is 17.3. The third-order valence-electron chi connectivity index (χ3n) is 5.04. The Hall–Kier alpha value is -2.57. The summed E-state index contributed by atoms with van der Waals surface area (Å²) in [5.74, 6) is -5.80. The van der Waals surface area contributed by atoms with Crippen LogP contribution in [0.3, 0.4) is 0 Å². The first-order valence-corrected chi connectivity index (χ1v) is 11.0.